The molecule has 4 N–H and O–H groups in total. The van der Waals surface area contributed by atoms with Crippen molar-refractivity contribution in [2.45, 2.75) is 44.5 Å². The molecule has 0 bridgehead atoms. The quantitative estimate of drug-likeness (QED) is 0.115. The number of alkyl halides is 3. The van der Waals surface area contributed by atoms with Gasteiger partial charge in [-0.2, -0.15) is 28.2 Å². The van der Waals surface area contributed by atoms with Crippen LogP contribution in [0, 0.1) is 17.8 Å². The molecule has 1 aromatic heterocycles. The Morgan fingerprint density at radius 2 is 1.84 bits per heavy atom. The van der Waals surface area contributed by atoms with Crippen LogP contribution < -0.4 is 30.4 Å². The molecule has 0 aliphatic carbocycles. The smallest absolute Gasteiger partial charge is 0.429 e. The van der Waals surface area contributed by atoms with Gasteiger partial charge in [-0.15, -0.1) is 6.42 Å². The minimum atomic E-state index is -4.93. The van der Waals surface area contributed by atoms with E-state index in [1.807, 2.05) is 4.90 Å². The average molecular weight is 710 g/mol. The van der Waals surface area contributed by atoms with E-state index in [1.165, 1.54) is 63.5 Å². The van der Waals surface area contributed by atoms with Crippen LogP contribution in [0.1, 0.15) is 48.2 Å². The number of carboxylic acids is 1. The second kappa shape index (κ2) is 14.7. The number of aromatic nitrogens is 2. The molecule has 2 aliphatic heterocycles. The normalized spacial score (nSPS) is 17.8. The number of hydrogen-bond acceptors (Lipinski definition) is 12. The molecule has 51 heavy (non-hydrogen) atoms. The predicted octanol–water partition coefficient (Wildman–Crippen LogP) is 4.68. The Labute approximate surface area is 292 Å². The van der Waals surface area contributed by atoms with E-state index >= 15 is 0 Å². The number of carbonyl (C=O) groups is 2. The van der Waals surface area contributed by atoms with E-state index in [9.17, 15) is 27.9 Å². The first-order valence-corrected chi connectivity index (χ1v) is 15.9. The topological polar surface area (TPSA) is 165 Å². The molecule has 270 valence electrons. The Kier molecular flexibility index (Phi) is 10.6. The fourth-order valence-corrected chi connectivity index (χ4v) is 6.45. The minimum absolute atomic E-state index is 0.0221. The number of hydrazone groups is 1. The van der Waals surface area contributed by atoms with Crippen molar-refractivity contribution >= 4 is 35.1 Å². The molecule has 16 heteroatoms. The van der Waals surface area contributed by atoms with Crippen molar-refractivity contribution in [1.82, 2.24) is 15.3 Å². The van der Waals surface area contributed by atoms with Crippen molar-refractivity contribution < 1.29 is 42.1 Å². The lowest BCUT2D eigenvalue weighted by Crippen LogP contribution is -2.41. The van der Waals surface area contributed by atoms with Gasteiger partial charge in [-0.1, -0.05) is 24.1 Å². The molecule has 5 rings (SSSR count). The summed E-state index contributed by atoms with van der Waals surface area (Å²) >= 11 is 0. The third-order valence-corrected chi connectivity index (χ3v) is 9.16. The Morgan fingerprint density at radius 1 is 1.16 bits per heavy atom. The molecular weight excluding hydrogens is 671 g/mol. The average Bonchev–Trinajstić information content (AvgIpc) is 3.52. The number of piperidine rings is 1. The van der Waals surface area contributed by atoms with Crippen LogP contribution in [0.5, 0.6) is 11.6 Å². The fraction of sp³-hybridized carbons (Fsp3) is 0.400. The number of nitrogens with zero attached hydrogens (tertiary/aromatic N) is 5. The highest BCUT2D eigenvalue weighted by molar-refractivity contribution is 5.98. The summed E-state index contributed by atoms with van der Waals surface area (Å²) in [6.07, 6.45) is -0.146. The van der Waals surface area contributed by atoms with Crippen molar-refractivity contribution in [2.24, 2.45) is 10.5 Å². The minimum Gasteiger partial charge on any atom is -0.496 e. The van der Waals surface area contributed by atoms with Crippen LogP contribution in [-0.4, -0.2) is 85.8 Å². The van der Waals surface area contributed by atoms with Gasteiger partial charge in [0.25, 0.3) is 0 Å². The number of esters is 1. The number of benzene rings is 2. The monoisotopic (exact) mass is 709 g/mol. The first-order chi connectivity index (χ1) is 24.2. The number of rotatable bonds is 10. The number of carbonyl (C=O) groups excluding carboxylic acids is 1. The molecule has 3 heterocycles. The van der Waals surface area contributed by atoms with Gasteiger partial charge in [-0.25, -0.2) is 4.79 Å². The molecule has 0 radical (unpaired) electrons. The van der Waals surface area contributed by atoms with E-state index in [0.29, 0.717) is 55.8 Å². The number of anilines is 3. The lowest BCUT2D eigenvalue weighted by Gasteiger charge is -2.39. The van der Waals surface area contributed by atoms with Crippen molar-refractivity contribution in [3.05, 3.63) is 53.6 Å². The summed E-state index contributed by atoms with van der Waals surface area (Å²) < 4.78 is 60.7. The van der Waals surface area contributed by atoms with Gasteiger partial charge in [0, 0.05) is 38.3 Å². The van der Waals surface area contributed by atoms with Gasteiger partial charge in [0.2, 0.25) is 17.9 Å². The zero-order chi connectivity index (χ0) is 37.1. The summed E-state index contributed by atoms with van der Waals surface area (Å²) in [4.78, 5) is 33.8. The molecule has 0 saturated carbocycles. The Bertz CT molecular complexity index is 1870. The molecule has 0 unspecified atom stereocenters. The first-order valence-electron chi connectivity index (χ1n) is 15.9. The van der Waals surface area contributed by atoms with E-state index in [1.54, 1.807) is 12.1 Å². The highest BCUT2D eigenvalue weighted by Crippen LogP contribution is 2.44. The van der Waals surface area contributed by atoms with Crippen LogP contribution in [0.3, 0.4) is 0 Å². The molecule has 2 fully saturated rings. The van der Waals surface area contributed by atoms with Crippen LogP contribution in [0.15, 0.2) is 47.6 Å². The number of nitrogens with one attached hydrogen (secondary N) is 1. The van der Waals surface area contributed by atoms with Gasteiger partial charge in [-0.05, 0) is 60.9 Å². The van der Waals surface area contributed by atoms with E-state index in [0.717, 1.165) is 0 Å². The first kappa shape index (κ1) is 36.7. The number of halogens is 3. The van der Waals surface area contributed by atoms with Gasteiger partial charge in [-0.3, -0.25) is 9.80 Å². The number of hydrogen-bond donors (Lipinski definition) is 3. The van der Waals surface area contributed by atoms with Crippen LogP contribution in [0.25, 0.3) is 11.1 Å². The molecule has 13 nitrogen and oxygen atoms in total. The van der Waals surface area contributed by atoms with E-state index in [-0.39, 0.29) is 39.6 Å². The number of carboxylic acid groups (broad SMARTS) is 1. The molecule has 0 amide bonds. The second-order valence-corrected chi connectivity index (χ2v) is 12.5. The Balaban J connectivity index is 1.49. The van der Waals surface area contributed by atoms with E-state index in [2.05, 4.69) is 26.3 Å². The largest absolute Gasteiger partial charge is 0.496 e. The Morgan fingerprint density at radius 3 is 2.45 bits per heavy atom. The molecule has 2 aliphatic rings. The maximum Gasteiger partial charge on any atom is 0.429 e. The number of ether oxygens (including phenoxy) is 3. The Hall–Kier alpha value is -5.56. The molecule has 1 spiro atoms. The lowest BCUT2D eigenvalue weighted by atomic mass is 9.76. The van der Waals surface area contributed by atoms with Crippen molar-refractivity contribution in [3.8, 4) is 35.1 Å². The van der Waals surface area contributed by atoms with Crippen molar-refractivity contribution in [1.29, 1.82) is 0 Å². The van der Waals surface area contributed by atoms with Crippen molar-refractivity contribution in [2.75, 3.05) is 56.5 Å². The summed E-state index contributed by atoms with van der Waals surface area (Å²) in [5.41, 5.74) is 6.92. The third-order valence-electron chi connectivity index (χ3n) is 9.16. The number of nitrogen functional groups attached to an aromatic ring is 1. The van der Waals surface area contributed by atoms with E-state index in [4.69, 9.17) is 26.4 Å². The van der Waals surface area contributed by atoms with Gasteiger partial charge >= 0.3 is 18.1 Å². The van der Waals surface area contributed by atoms with Gasteiger partial charge in [0.1, 0.15) is 28.9 Å². The van der Waals surface area contributed by atoms with Gasteiger partial charge in [0.15, 0.2) is 0 Å². The van der Waals surface area contributed by atoms with Gasteiger partial charge in [0.05, 0.1) is 19.9 Å². The number of terminal acetylenes is 1. The molecule has 3 aromatic rings. The summed E-state index contributed by atoms with van der Waals surface area (Å²) in [7, 11) is 4.08. The zero-order valence-electron chi connectivity index (χ0n) is 28.5. The zero-order valence-corrected chi connectivity index (χ0v) is 28.5. The molecule has 2 aromatic carbocycles. The SMILES string of the molecule is C#C/C(C)=N\N(C)c1cc(-c2ccc(C(=O)OC)c(OC)c2)ccc1[C@@H](Oc1cc(N2CCC3(CC2)CN[C@H](C(=O)O)C3)nc(N)n1)C(F)(F)F. The number of methoxy groups -OCH3 is 2. The van der Waals surface area contributed by atoms with Crippen LogP contribution >= 0.6 is 0 Å². The van der Waals surface area contributed by atoms with Crippen molar-refractivity contribution in [3.63, 3.8) is 0 Å². The highest BCUT2D eigenvalue weighted by atomic mass is 19.4. The summed E-state index contributed by atoms with van der Waals surface area (Å²) in [6, 6.07) is 9.63. The maximum absolute atomic E-state index is 14.9. The standard InChI is InChI=1S/C35H38F3N7O6/c1-6-20(2)43-44(3)26-15-21(22-8-10-24(32(48)50-5)27(16-22)49-4)7-9-23(26)30(35(36,37)38)51-29-17-28(41-33(39)42-29)45-13-11-34(12-14-45)18-25(31(46)47)40-19-34/h1,7-10,15-17,25,30,40H,11-14,18-19H2,2-5H3,(H,46,47)(H2,39,41,42)/b43-20-/t25-,30+/m0/s1. The van der Waals surface area contributed by atoms with Crippen LogP contribution in [0.4, 0.5) is 30.6 Å². The maximum atomic E-state index is 14.9. The summed E-state index contributed by atoms with van der Waals surface area (Å²) in [5, 5.41) is 18.0. The molecule has 2 saturated heterocycles. The summed E-state index contributed by atoms with van der Waals surface area (Å²) in [5.74, 6) is 0.692. The molecular formula is C35H38F3N7O6. The molecule has 2 atom stereocenters. The predicted molar refractivity (Wildman–Crippen MR) is 184 cm³/mol. The number of nitrogens with two attached hydrogens (primary N) is 1. The highest BCUT2D eigenvalue weighted by Gasteiger charge is 2.46. The van der Waals surface area contributed by atoms with Crippen LogP contribution in [0.2, 0.25) is 0 Å². The lowest BCUT2D eigenvalue weighted by molar-refractivity contribution is -0.198. The van der Waals surface area contributed by atoms with E-state index < -0.39 is 36.1 Å². The summed E-state index contributed by atoms with van der Waals surface area (Å²) in [6.45, 7) is 3.08. The fourth-order valence-electron chi connectivity index (χ4n) is 6.45. The van der Waals surface area contributed by atoms with Crippen LogP contribution in [-0.2, 0) is 9.53 Å². The second-order valence-electron chi connectivity index (χ2n) is 12.5. The number of aliphatic carboxylic acids is 1. The third kappa shape index (κ3) is 8.09. The van der Waals surface area contributed by atoms with Gasteiger partial charge < -0.3 is 35.3 Å².